The molecule has 1 aromatic heterocycles. The molecule has 1 aromatic carbocycles. The van der Waals surface area contributed by atoms with Crippen LogP contribution in [0.25, 0.3) is 0 Å². The Balaban J connectivity index is 2.25. The molecule has 1 heterocycles. The van der Waals surface area contributed by atoms with Gasteiger partial charge in [0.25, 0.3) is 5.91 Å². The van der Waals surface area contributed by atoms with Gasteiger partial charge in [0.05, 0.1) is 11.3 Å². The van der Waals surface area contributed by atoms with Gasteiger partial charge in [-0.25, -0.2) is 0 Å². The monoisotopic (exact) mass is 287 g/mol. The highest BCUT2D eigenvalue weighted by Crippen LogP contribution is 2.17. The summed E-state index contributed by atoms with van der Waals surface area (Å²) in [7, 11) is 3.46. The van der Waals surface area contributed by atoms with Gasteiger partial charge in [-0.1, -0.05) is 5.16 Å². The van der Waals surface area contributed by atoms with Crippen molar-refractivity contribution in [3.05, 3.63) is 47.3 Å². The van der Waals surface area contributed by atoms with E-state index < -0.39 is 0 Å². The molecule has 0 saturated heterocycles. The number of nitrogens with zero attached hydrogens (tertiary/aromatic N) is 4. The van der Waals surface area contributed by atoms with E-state index in [2.05, 4.69) is 10.3 Å². The molecule has 1 amide bonds. The Morgan fingerprint density at radius 1 is 1.38 bits per heavy atom. The van der Waals surface area contributed by atoms with Gasteiger partial charge in [0.1, 0.15) is 0 Å². The standard InChI is InChI=1S/C14H17N5O2/c1-9-12(8-18(2)16-9)14(20)19(3)11-6-4-10(5-7-11)13(15)17-21/h4-8,21H,1-3H3,(H2,15,17). The number of oxime groups is 1. The summed E-state index contributed by atoms with van der Waals surface area (Å²) in [5, 5.41) is 15.7. The number of aryl methyl sites for hydroxylation is 2. The summed E-state index contributed by atoms with van der Waals surface area (Å²) >= 11 is 0. The van der Waals surface area contributed by atoms with Crippen LogP contribution in [0.4, 0.5) is 5.69 Å². The molecule has 0 aliphatic rings. The summed E-state index contributed by atoms with van der Waals surface area (Å²) in [4.78, 5) is 14.0. The summed E-state index contributed by atoms with van der Waals surface area (Å²) in [6, 6.07) is 6.84. The van der Waals surface area contributed by atoms with E-state index in [1.165, 1.54) is 4.90 Å². The maximum Gasteiger partial charge on any atom is 0.261 e. The number of carbonyl (C=O) groups is 1. The van der Waals surface area contributed by atoms with Crippen LogP contribution in [-0.2, 0) is 7.05 Å². The zero-order valence-corrected chi connectivity index (χ0v) is 12.1. The fourth-order valence-corrected chi connectivity index (χ4v) is 2.02. The van der Waals surface area contributed by atoms with Crippen molar-refractivity contribution >= 4 is 17.4 Å². The SMILES string of the molecule is Cc1nn(C)cc1C(=O)N(C)c1ccc(/C(N)=N/O)cc1. The number of benzene rings is 1. The minimum atomic E-state index is -0.142. The third-order valence-corrected chi connectivity index (χ3v) is 3.21. The smallest absolute Gasteiger partial charge is 0.261 e. The average Bonchev–Trinajstić information content (AvgIpc) is 2.83. The number of hydrogen-bond acceptors (Lipinski definition) is 4. The normalized spacial score (nSPS) is 11.5. The van der Waals surface area contributed by atoms with Crippen molar-refractivity contribution in [1.82, 2.24) is 9.78 Å². The fraction of sp³-hybridized carbons (Fsp3) is 0.214. The van der Waals surface area contributed by atoms with Crippen LogP contribution in [0.2, 0.25) is 0 Å². The lowest BCUT2D eigenvalue weighted by atomic mass is 10.1. The predicted molar refractivity (Wildman–Crippen MR) is 79.6 cm³/mol. The van der Waals surface area contributed by atoms with E-state index >= 15 is 0 Å². The number of hydrogen-bond donors (Lipinski definition) is 2. The molecule has 0 aliphatic heterocycles. The molecule has 0 saturated carbocycles. The summed E-state index contributed by atoms with van der Waals surface area (Å²) in [5.41, 5.74) is 8.03. The lowest BCUT2D eigenvalue weighted by molar-refractivity contribution is 0.0992. The molecule has 0 unspecified atom stereocenters. The van der Waals surface area contributed by atoms with E-state index in [4.69, 9.17) is 10.9 Å². The quantitative estimate of drug-likeness (QED) is 0.382. The summed E-state index contributed by atoms with van der Waals surface area (Å²) < 4.78 is 1.61. The van der Waals surface area contributed by atoms with Crippen LogP contribution < -0.4 is 10.6 Å². The van der Waals surface area contributed by atoms with E-state index in [-0.39, 0.29) is 11.7 Å². The molecular weight excluding hydrogens is 270 g/mol. The molecule has 7 heteroatoms. The molecule has 110 valence electrons. The Morgan fingerprint density at radius 3 is 2.48 bits per heavy atom. The van der Waals surface area contributed by atoms with Crippen LogP contribution in [0.15, 0.2) is 35.6 Å². The van der Waals surface area contributed by atoms with Gasteiger partial charge < -0.3 is 15.8 Å². The molecule has 0 fully saturated rings. The highest BCUT2D eigenvalue weighted by atomic mass is 16.4. The highest BCUT2D eigenvalue weighted by molar-refractivity contribution is 6.06. The third-order valence-electron chi connectivity index (χ3n) is 3.21. The van der Waals surface area contributed by atoms with E-state index in [0.717, 1.165) is 0 Å². The number of amidine groups is 1. The van der Waals surface area contributed by atoms with Gasteiger partial charge in [-0.3, -0.25) is 9.48 Å². The van der Waals surface area contributed by atoms with Crippen molar-refractivity contribution in [3.63, 3.8) is 0 Å². The molecule has 3 N–H and O–H groups in total. The number of anilines is 1. The first kappa shape index (κ1) is 14.6. The van der Waals surface area contributed by atoms with Gasteiger partial charge in [-0.05, 0) is 31.2 Å². The third kappa shape index (κ3) is 2.86. The second kappa shape index (κ2) is 5.66. The number of carbonyl (C=O) groups excluding carboxylic acids is 1. The maximum absolute atomic E-state index is 12.4. The first-order valence-corrected chi connectivity index (χ1v) is 6.30. The maximum atomic E-state index is 12.4. The molecule has 0 spiro atoms. The fourth-order valence-electron chi connectivity index (χ4n) is 2.02. The second-order valence-corrected chi connectivity index (χ2v) is 4.70. The van der Waals surface area contributed by atoms with Crippen molar-refractivity contribution in [2.24, 2.45) is 17.9 Å². The lowest BCUT2D eigenvalue weighted by Crippen LogP contribution is -2.26. The number of amides is 1. The number of rotatable bonds is 3. The Hall–Kier alpha value is -2.83. The molecule has 0 bridgehead atoms. The van der Waals surface area contributed by atoms with Gasteiger partial charge in [-0.15, -0.1) is 0 Å². The van der Waals surface area contributed by atoms with E-state index in [0.29, 0.717) is 22.5 Å². The summed E-state index contributed by atoms with van der Waals surface area (Å²) in [6.45, 7) is 1.79. The minimum absolute atomic E-state index is 0.0265. The van der Waals surface area contributed by atoms with Crippen LogP contribution in [0.5, 0.6) is 0 Å². The van der Waals surface area contributed by atoms with Crippen molar-refractivity contribution in [3.8, 4) is 0 Å². The van der Waals surface area contributed by atoms with Crippen molar-refractivity contribution in [2.45, 2.75) is 6.92 Å². The van der Waals surface area contributed by atoms with Gasteiger partial charge in [-0.2, -0.15) is 5.10 Å². The average molecular weight is 287 g/mol. The zero-order valence-electron chi connectivity index (χ0n) is 12.1. The van der Waals surface area contributed by atoms with Gasteiger partial charge in [0, 0.05) is 31.5 Å². The largest absolute Gasteiger partial charge is 0.409 e. The summed E-state index contributed by atoms with van der Waals surface area (Å²) in [5.74, 6) is -0.115. The van der Waals surface area contributed by atoms with Crippen LogP contribution in [0.3, 0.4) is 0 Å². The molecule has 21 heavy (non-hydrogen) atoms. The topological polar surface area (TPSA) is 96.7 Å². The molecule has 0 aliphatic carbocycles. The first-order chi connectivity index (χ1) is 9.93. The lowest BCUT2D eigenvalue weighted by Gasteiger charge is -2.17. The molecular formula is C14H17N5O2. The van der Waals surface area contributed by atoms with Gasteiger partial charge in [0.2, 0.25) is 0 Å². The first-order valence-electron chi connectivity index (χ1n) is 6.30. The Kier molecular flexibility index (Phi) is 3.93. The van der Waals surface area contributed by atoms with Crippen molar-refractivity contribution < 1.29 is 10.0 Å². The van der Waals surface area contributed by atoms with Crippen LogP contribution >= 0.6 is 0 Å². The molecule has 2 rings (SSSR count). The van der Waals surface area contributed by atoms with Crippen molar-refractivity contribution in [1.29, 1.82) is 0 Å². The second-order valence-electron chi connectivity index (χ2n) is 4.70. The Morgan fingerprint density at radius 2 is 2.00 bits per heavy atom. The molecule has 0 atom stereocenters. The van der Waals surface area contributed by atoms with Gasteiger partial charge in [0.15, 0.2) is 5.84 Å². The predicted octanol–water partition coefficient (Wildman–Crippen LogP) is 1.10. The Bertz CT molecular complexity index is 688. The highest BCUT2D eigenvalue weighted by Gasteiger charge is 2.18. The molecule has 7 nitrogen and oxygen atoms in total. The van der Waals surface area contributed by atoms with E-state index in [9.17, 15) is 4.79 Å². The Labute approximate surface area is 122 Å². The van der Waals surface area contributed by atoms with Crippen LogP contribution in [0, 0.1) is 6.92 Å². The van der Waals surface area contributed by atoms with E-state index in [1.807, 2.05) is 0 Å². The zero-order chi connectivity index (χ0) is 15.6. The number of nitrogens with two attached hydrogens (primary N) is 1. The van der Waals surface area contributed by atoms with Crippen LogP contribution in [-0.4, -0.2) is 33.8 Å². The van der Waals surface area contributed by atoms with Crippen molar-refractivity contribution in [2.75, 3.05) is 11.9 Å². The summed E-state index contributed by atoms with van der Waals surface area (Å²) in [6.07, 6.45) is 1.69. The van der Waals surface area contributed by atoms with Gasteiger partial charge >= 0.3 is 0 Å². The number of aromatic nitrogens is 2. The van der Waals surface area contributed by atoms with Crippen LogP contribution in [0.1, 0.15) is 21.6 Å². The minimum Gasteiger partial charge on any atom is -0.409 e. The van der Waals surface area contributed by atoms with E-state index in [1.54, 1.807) is 56.2 Å². The molecule has 2 aromatic rings. The molecule has 0 radical (unpaired) electrons.